The molecule has 0 aromatic carbocycles. The number of nitrogens with one attached hydrogen (secondary N) is 1. The van der Waals surface area contributed by atoms with Gasteiger partial charge in [0.1, 0.15) is 29.0 Å². The van der Waals surface area contributed by atoms with Gasteiger partial charge >= 0.3 is 11.7 Å². The number of nitrogens with zero attached hydrogens (tertiary/aromatic N) is 1. The van der Waals surface area contributed by atoms with E-state index >= 15 is 0 Å². The number of ether oxygens (including phenoxy) is 2. The number of hydrogen-bond donors (Lipinski definition) is 4. The van der Waals surface area contributed by atoms with Gasteiger partial charge in [0.05, 0.1) is 6.54 Å². The van der Waals surface area contributed by atoms with Gasteiger partial charge < -0.3 is 25.4 Å². The van der Waals surface area contributed by atoms with Crippen LogP contribution in [0.4, 0.5) is 8.78 Å². The zero-order chi connectivity index (χ0) is 20.5. The van der Waals surface area contributed by atoms with Crippen LogP contribution in [-0.4, -0.2) is 62.5 Å². The number of hydrogen-bond acceptors (Lipinski definition) is 8. The topological polar surface area (TPSA) is 140 Å². The highest BCUT2D eigenvalue weighted by atomic mass is 32.1. The monoisotopic (exact) mass is 409 g/mol. The van der Waals surface area contributed by atoms with Gasteiger partial charge in [-0.05, 0) is 5.92 Å². The van der Waals surface area contributed by atoms with Crippen molar-refractivity contribution in [3.05, 3.63) is 27.1 Å². The number of H-pyrrole nitrogens is 1. The molecule has 0 spiro atoms. The Balaban J connectivity index is 2.10. The van der Waals surface area contributed by atoms with Crippen molar-refractivity contribution in [1.29, 1.82) is 0 Å². The summed E-state index contributed by atoms with van der Waals surface area (Å²) < 4.78 is 38.5. The smallest absolute Gasteiger partial charge is 0.326 e. The number of aliphatic hydroxyl groups is 2. The van der Waals surface area contributed by atoms with E-state index in [0.29, 0.717) is 0 Å². The number of alkyl halides is 1. The summed E-state index contributed by atoms with van der Waals surface area (Å²) in [5.74, 6) is -4.98. The van der Waals surface area contributed by atoms with E-state index in [2.05, 4.69) is 17.2 Å². The lowest BCUT2D eigenvalue weighted by Crippen LogP contribution is -2.46. The van der Waals surface area contributed by atoms with Crippen LogP contribution < -0.4 is 11.4 Å². The molecule has 5 atom stereocenters. The van der Waals surface area contributed by atoms with E-state index in [9.17, 15) is 28.6 Å². The molecule has 5 N–H and O–H groups in total. The van der Waals surface area contributed by atoms with Crippen LogP contribution in [0.5, 0.6) is 0 Å². The highest BCUT2D eigenvalue weighted by Crippen LogP contribution is 2.34. The molecule has 27 heavy (non-hydrogen) atoms. The number of esters is 1. The molecule has 0 aliphatic carbocycles. The lowest BCUT2D eigenvalue weighted by atomic mass is 10.1. The van der Waals surface area contributed by atoms with Gasteiger partial charge in [-0.2, -0.15) is 0 Å². The molecular weight excluding hydrogens is 388 g/mol. The molecule has 152 valence electrons. The minimum Gasteiger partial charge on any atom is -0.458 e. The first-order valence-corrected chi connectivity index (χ1v) is 8.51. The summed E-state index contributed by atoms with van der Waals surface area (Å²) >= 11 is 4.58. The van der Waals surface area contributed by atoms with Crippen LogP contribution in [0.25, 0.3) is 0 Å². The van der Waals surface area contributed by atoms with Crippen molar-refractivity contribution in [3.63, 3.8) is 0 Å². The minimum absolute atomic E-state index is 0.258. The third-order valence-electron chi connectivity index (χ3n) is 4.24. The van der Waals surface area contributed by atoms with E-state index in [4.69, 9.17) is 15.2 Å². The first-order valence-electron chi connectivity index (χ1n) is 8.10. The second-order valence-corrected chi connectivity index (χ2v) is 7.05. The molecule has 0 saturated carbocycles. The molecule has 0 radical (unpaired) electrons. The lowest BCUT2D eigenvalue weighted by Gasteiger charge is -2.24. The number of rotatable bonds is 6. The van der Waals surface area contributed by atoms with Crippen molar-refractivity contribution in [1.82, 2.24) is 9.55 Å². The average Bonchev–Trinajstić information content (AvgIpc) is 2.81. The Kier molecular flexibility index (Phi) is 6.47. The van der Waals surface area contributed by atoms with Crippen molar-refractivity contribution in [2.45, 2.75) is 50.6 Å². The third kappa shape index (κ3) is 4.58. The van der Waals surface area contributed by atoms with Gasteiger partial charge in [0.2, 0.25) is 0 Å². The maximum absolute atomic E-state index is 14.8. The normalized spacial score (nSPS) is 29.1. The van der Waals surface area contributed by atoms with E-state index in [1.807, 2.05) is 0 Å². The molecular formula is C15H21F2N3O6S. The summed E-state index contributed by atoms with van der Waals surface area (Å²) in [6.45, 7) is 1.84. The fourth-order valence-electron chi connectivity index (χ4n) is 2.46. The highest BCUT2D eigenvalue weighted by Gasteiger charge is 2.56. The SMILES string of the molecule is CC(C)[C@H](N)C(=O)OC[C@@]1(F)O[C@@H](Cn2cc(F)c(=S)[nH]c2=O)[C@H](O)[C@@H]1O. The van der Waals surface area contributed by atoms with Crippen LogP contribution >= 0.6 is 12.2 Å². The Hall–Kier alpha value is -1.73. The Morgan fingerprint density at radius 1 is 1.56 bits per heavy atom. The van der Waals surface area contributed by atoms with E-state index in [-0.39, 0.29) is 5.92 Å². The van der Waals surface area contributed by atoms with E-state index in [0.717, 1.165) is 10.8 Å². The summed E-state index contributed by atoms with van der Waals surface area (Å²) in [7, 11) is 0. The zero-order valence-corrected chi connectivity index (χ0v) is 15.4. The zero-order valence-electron chi connectivity index (χ0n) is 14.6. The van der Waals surface area contributed by atoms with Gasteiger partial charge in [0.15, 0.2) is 12.4 Å². The summed E-state index contributed by atoms with van der Waals surface area (Å²) in [5, 5.41) is 19.9. The van der Waals surface area contributed by atoms with E-state index in [1.165, 1.54) is 0 Å². The van der Waals surface area contributed by atoms with Gasteiger partial charge in [-0.3, -0.25) is 14.3 Å². The van der Waals surface area contributed by atoms with Crippen LogP contribution in [0.1, 0.15) is 13.8 Å². The molecule has 1 fully saturated rings. The molecule has 1 saturated heterocycles. The largest absolute Gasteiger partial charge is 0.458 e. The maximum Gasteiger partial charge on any atom is 0.326 e. The van der Waals surface area contributed by atoms with Crippen LogP contribution in [0.3, 0.4) is 0 Å². The lowest BCUT2D eigenvalue weighted by molar-refractivity contribution is -0.209. The molecule has 0 amide bonds. The van der Waals surface area contributed by atoms with Crippen LogP contribution in [0.15, 0.2) is 11.0 Å². The Labute approximate surface area is 157 Å². The predicted molar refractivity (Wildman–Crippen MR) is 90.3 cm³/mol. The van der Waals surface area contributed by atoms with Crippen molar-refractivity contribution in [2.75, 3.05) is 6.61 Å². The van der Waals surface area contributed by atoms with E-state index in [1.54, 1.807) is 13.8 Å². The molecule has 1 aromatic rings. The van der Waals surface area contributed by atoms with Crippen LogP contribution in [0.2, 0.25) is 0 Å². The number of nitrogens with two attached hydrogens (primary N) is 1. The molecule has 2 heterocycles. The van der Waals surface area contributed by atoms with Gasteiger partial charge in [-0.25, -0.2) is 13.6 Å². The Bertz CT molecular complexity index is 815. The molecule has 1 aromatic heterocycles. The van der Waals surface area contributed by atoms with Crippen molar-refractivity contribution in [3.8, 4) is 0 Å². The first-order chi connectivity index (χ1) is 12.5. The fraction of sp³-hybridized carbons (Fsp3) is 0.667. The quantitative estimate of drug-likeness (QED) is 0.359. The van der Waals surface area contributed by atoms with Gasteiger partial charge in [-0.15, -0.1) is 0 Å². The maximum atomic E-state index is 14.8. The summed E-state index contributed by atoms with van der Waals surface area (Å²) in [4.78, 5) is 25.6. The van der Waals surface area contributed by atoms with E-state index < -0.39 is 65.5 Å². The summed E-state index contributed by atoms with van der Waals surface area (Å²) in [6.07, 6.45) is -4.47. The second kappa shape index (κ2) is 8.10. The van der Waals surface area contributed by atoms with Crippen LogP contribution in [0, 0.1) is 16.4 Å². The third-order valence-corrected chi connectivity index (χ3v) is 4.54. The summed E-state index contributed by atoms with van der Waals surface area (Å²) in [5.41, 5.74) is 4.78. The van der Waals surface area contributed by atoms with Crippen molar-refractivity contribution >= 4 is 18.2 Å². The molecule has 0 bridgehead atoms. The number of halogens is 2. The standard InChI is InChI=1S/C15H21F2N3O6S/c1-6(2)9(18)13(23)25-5-15(17)11(22)10(21)8(26-15)4-20-3-7(16)12(27)19-14(20)24/h3,6,8-11,21-22H,4-5,18H2,1-2H3,(H,19,24,27)/t8-,9-,10-,11-,15+/m0/s1. The molecule has 9 nitrogen and oxygen atoms in total. The Morgan fingerprint density at radius 2 is 2.19 bits per heavy atom. The number of aliphatic hydroxyl groups excluding tert-OH is 2. The number of carbonyl (C=O) groups is 1. The summed E-state index contributed by atoms with van der Waals surface area (Å²) in [6, 6.07) is -0.998. The highest BCUT2D eigenvalue weighted by molar-refractivity contribution is 7.71. The minimum atomic E-state index is -2.92. The molecule has 12 heteroatoms. The molecule has 1 aliphatic rings. The molecule has 2 rings (SSSR count). The number of aromatic amines is 1. The van der Waals surface area contributed by atoms with Gasteiger partial charge in [-0.1, -0.05) is 26.1 Å². The average molecular weight is 409 g/mol. The van der Waals surface area contributed by atoms with Crippen LogP contribution in [-0.2, 0) is 20.8 Å². The predicted octanol–water partition coefficient (Wildman–Crippen LogP) is -0.642. The molecule has 0 unspecified atom stereocenters. The van der Waals surface area contributed by atoms with Crippen molar-refractivity contribution < 1.29 is 33.3 Å². The van der Waals surface area contributed by atoms with Gasteiger partial charge in [0.25, 0.3) is 5.85 Å². The number of aromatic nitrogens is 2. The Morgan fingerprint density at radius 3 is 2.78 bits per heavy atom. The first kappa shape index (κ1) is 21.6. The van der Waals surface area contributed by atoms with Crippen molar-refractivity contribution in [2.24, 2.45) is 11.7 Å². The number of carbonyl (C=O) groups excluding carboxylic acids is 1. The fourth-order valence-corrected chi connectivity index (χ4v) is 2.60. The van der Waals surface area contributed by atoms with Gasteiger partial charge in [0, 0.05) is 6.20 Å². The second-order valence-electron chi connectivity index (χ2n) is 6.64. The molecule has 1 aliphatic heterocycles.